The van der Waals surface area contributed by atoms with Crippen LogP contribution in [-0.4, -0.2) is 54.7 Å². The molecule has 8 heteroatoms. The Kier molecular flexibility index (Phi) is 7.45. The maximum absolute atomic E-state index is 13.2. The average molecular weight is 526 g/mol. The summed E-state index contributed by atoms with van der Waals surface area (Å²) in [4.78, 5) is 40.1. The highest BCUT2D eigenvalue weighted by Gasteiger charge is 2.40. The molecule has 1 fully saturated rings. The minimum Gasteiger partial charge on any atom is -0.491 e. The second-order valence-electron chi connectivity index (χ2n) is 10.0. The van der Waals surface area contributed by atoms with Crippen molar-refractivity contribution in [2.45, 2.75) is 31.7 Å². The summed E-state index contributed by atoms with van der Waals surface area (Å²) in [5.74, 6) is -0.573. The highest BCUT2D eigenvalue weighted by molar-refractivity contribution is 6.22. The fraction of sp³-hybridized carbons (Fsp3) is 0.290. The molecule has 0 aromatic heterocycles. The molecule has 1 heterocycles. The molecule has 2 atom stereocenters. The number of nitrogens with one attached hydrogen (secondary N) is 1. The average Bonchev–Trinajstić information content (AvgIpc) is 3.40. The van der Waals surface area contributed by atoms with Crippen LogP contribution in [0.1, 0.15) is 46.3 Å². The van der Waals surface area contributed by atoms with Crippen LogP contribution in [0.15, 0.2) is 66.7 Å². The molecule has 0 spiro atoms. The van der Waals surface area contributed by atoms with Gasteiger partial charge in [-0.3, -0.25) is 19.8 Å². The van der Waals surface area contributed by atoms with Crippen LogP contribution in [0.4, 0.5) is 0 Å². The summed E-state index contributed by atoms with van der Waals surface area (Å²) in [5, 5.41) is 7.67. The summed E-state index contributed by atoms with van der Waals surface area (Å²) < 4.78 is 10.9. The van der Waals surface area contributed by atoms with Crippen molar-refractivity contribution in [3.63, 3.8) is 0 Å². The highest BCUT2D eigenvalue weighted by atomic mass is 16.5. The molecule has 1 saturated heterocycles. The van der Waals surface area contributed by atoms with E-state index in [0.717, 1.165) is 24.0 Å². The van der Waals surface area contributed by atoms with E-state index >= 15 is 0 Å². The molecular formula is C31H31N3O5. The van der Waals surface area contributed by atoms with Gasteiger partial charge >= 0.3 is 5.97 Å². The number of hydrogen-bond donors (Lipinski definition) is 2. The summed E-state index contributed by atoms with van der Waals surface area (Å²) in [6.07, 6.45) is 2.20. The Morgan fingerprint density at radius 3 is 2.44 bits per heavy atom. The monoisotopic (exact) mass is 525 g/mol. The van der Waals surface area contributed by atoms with Crippen molar-refractivity contribution in [2.24, 2.45) is 11.7 Å². The molecule has 5 rings (SSSR count). The number of likely N-dealkylation sites (tertiary alicyclic amines) is 1. The van der Waals surface area contributed by atoms with Gasteiger partial charge < -0.3 is 20.1 Å². The predicted molar refractivity (Wildman–Crippen MR) is 147 cm³/mol. The third-order valence-corrected chi connectivity index (χ3v) is 7.52. The third-order valence-electron chi connectivity index (χ3n) is 7.52. The number of nitrogen functional groups attached to an aromatic ring is 1. The lowest BCUT2D eigenvalue weighted by molar-refractivity contribution is -0.144. The quantitative estimate of drug-likeness (QED) is 0.183. The molecule has 0 bridgehead atoms. The number of methoxy groups -OCH3 is 1. The number of ketones is 1. The van der Waals surface area contributed by atoms with Gasteiger partial charge in [0.1, 0.15) is 18.2 Å². The predicted octanol–water partition coefficient (Wildman–Crippen LogP) is 3.97. The van der Waals surface area contributed by atoms with E-state index < -0.39 is 11.9 Å². The van der Waals surface area contributed by atoms with Gasteiger partial charge in [-0.15, -0.1) is 0 Å². The molecule has 0 radical (unpaired) electrons. The zero-order chi connectivity index (χ0) is 27.5. The van der Waals surface area contributed by atoms with Crippen molar-refractivity contribution in [3.05, 3.63) is 89.0 Å². The number of hydrogen-bond acceptors (Lipinski definition) is 6. The number of amidine groups is 1. The highest BCUT2D eigenvalue weighted by Crippen LogP contribution is 2.39. The fourth-order valence-corrected chi connectivity index (χ4v) is 5.48. The molecule has 1 aliphatic heterocycles. The largest absolute Gasteiger partial charge is 0.491 e. The van der Waals surface area contributed by atoms with Crippen LogP contribution in [0.3, 0.4) is 0 Å². The Bertz CT molecular complexity index is 1440. The molecule has 39 heavy (non-hydrogen) atoms. The van der Waals surface area contributed by atoms with E-state index in [1.807, 2.05) is 41.3 Å². The molecule has 3 N–H and O–H groups in total. The second kappa shape index (κ2) is 11.1. The number of esters is 1. The van der Waals surface area contributed by atoms with Crippen LogP contribution < -0.4 is 10.5 Å². The number of rotatable bonds is 10. The number of amides is 1. The Morgan fingerprint density at radius 1 is 1.00 bits per heavy atom. The van der Waals surface area contributed by atoms with Gasteiger partial charge in [0.25, 0.3) is 0 Å². The molecule has 200 valence electrons. The van der Waals surface area contributed by atoms with E-state index in [1.165, 1.54) is 12.7 Å². The minimum absolute atomic E-state index is 0.0505. The summed E-state index contributed by atoms with van der Waals surface area (Å²) in [6.45, 7) is 0.819. The topological polar surface area (TPSA) is 123 Å². The molecule has 1 amide bonds. The normalized spacial score (nSPS) is 17.6. The van der Waals surface area contributed by atoms with Crippen LogP contribution >= 0.6 is 0 Å². The smallest absolute Gasteiger partial charge is 0.306 e. The van der Waals surface area contributed by atoms with Crippen LogP contribution in [-0.2, 0) is 20.7 Å². The maximum Gasteiger partial charge on any atom is 0.306 e. The van der Waals surface area contributed by atoms with Gasteiger partial charge in [-0.25, -0.2) is 0 Å². The van der Waals surface area contributed by atoms with E-state index in [1.54, 1.807) is 18.2 Å². The number of nitrogens with two attached hydrogens (primary N) is 1. The lowest BCUT2D eigenvalue weighted by Gasteiger charge is -2.25. The summed E-state index contributed by atoms with van der Waals surface area (Å²) >= 11 is 0. The first-order chi connectivity index (χ1) is 18.9. The van der Waals surface area contributed by atoms with Crippen LogP contribution in [0.2, 0.25) is 0 Å². The number of benzene rings is 3. The van der Waals surface area contributed by atoms with Gasteiger partial charge in [-0.2, -0.15) is 0 Å². The zero-order valence-corrected chi connectivity index (χ0v) is 21.8. The van der Waals surface area contributed by atoms with Gasteiger partial charge in [0.05, 0.1) is 25.5 Å². The molecule has 3 aromatic rings. The van der Waals surface area contributed by atoms with Crippen LogP contribution in [0.5, 0.6) is 5.75 Å². The fourth-order valence-electron chi connectivity index (χ4n) is 5.48. The Balaban J connectivity index is 1.28. The molecule has 8 nitrogen and oxygen atoms in total. The molecule has 3 aromatic carbocycles. The molecule has 1 aliphatic carbocycles. The Hall–Kier alpha value is -4.46. The van der Waals surface area contributed by atoms with Gasteiger partial charge in [-0.1, -0.05) is 42.5 Å². The second-order valence-corrected chi connectivity index (χ2v) is 10.0. The lowest BCUT2D eigenvalue weighted by atomic mass is 10.0. The van der Waals surface area contributed by atoms with Gasteiger partial charge in [-0.05, 0) is 60.2 Å². The van der Waals surface area contributed by atoms with E-state index in [2.05, 4.69) is 12.1 Å². The van der Waals surface area contributed by atoms with Crippen molar-refractivity contribution in [1.82, 2.24) is 4.90 Å². The Morgan fingerprint density at radius 2 is 1.72 bits per heavy atom. The summed E-state index contributed by atoms with van der Waals surface area (Å²) in [6, 6.07) is 20.5. The van der Waals surface area contributed by atoms with Crippen molar-refractivity contribution in [2.75, 3.05) is 20.3 Å². The number of aryl methyl sites for hydroxylation is 1. The van der Waals surface area contributed by atoms with Gasteiger partial charge in [0.15, 0.2) is 5.78 Å². The third kappa shape index (κ3) is 5.41. The van der Waals surface area contributed by atoms with E-state index in [0.29, 0.717) is 35.4 Å². The van der Waals surface area contributed by atoms with Crippen LogP contribution in [0.25, 0.3) is 11.1 Å². The first-order valence-electron chi connectivity index (χ1n) is 13.1. The number of ether oxygens (including phenoxy) is 2. The van der Waals surface area contributed by atoms with E-state index in [4.69, 9.17) is 20.6 Å². The number of fused-ring (bicyclic) bond motifs is 3. The number of nitrogens with zero attached hydrogens (tertiary/aromatic N) is 1. The standard InChI is InChI=1S/C31H31N3O5/c1-38-28(35)16-21-14-22(34(31(21)37)13-5-8-19-6-3-2-4-7-19)18-39-23-10-12-25-24-11-9-20(30(32)33)15-26(24)29(36)27(25)17-23/h2-4,6-7,9-12,15,17,21-22H,5,8,13-14,16,18H2,1H3,(H3,32,33)/t21-,22-/m0/s1. The summed E-state index contributed by atoms with van der Waals surface area (Å²) in [5.41, 5.74) is 10.0. The Labute approximate surface area is 227 Å². The van der Waals surface area contributed by atoms with E-state index in [-0.39, 0.29) is 36.6 Å². The molecular weight excluding hydrogens is 494 g/mol. The van der Waals surface area contributed by atoms with Gasteiger partial charge in [0, 0.05) is 23.2 Å². The van der Waals surface area contributed by atoms with Crippen LogP contribution in [0, 0.1) is 11.3 Å². The SMILES string of the molecule is COC(=O)C[C@@H]1C[C@@H](COc2ccc3c(c2)C(=O)c2cc(C(=N)N)ccc2-3)N(CCCc2ccccc2)C1=O. The molecule has 0 saturated carbocycles. The summed E-state index contributed by atoms with van der Waals surface area (Å²) in [7, 11) is 1.33. The van der Waals surface area contributed by atoms with Crippen molar-refractivity contribution in [3.8, 4) is 16.9 Å². The van der Waals surface area contributed by atoms with Crippen molar-refractivity contribution < 1.29 is 23.9 Å². The van der Waals surface area contributed by atoms with Crippen molar-refractivity contribution >= 4 is 23.5 Å². The van der Waals surface area contributed by atoms with Gasteiger partial charge in [0.2, 0.25) is 5.91 Å². The first-order valence-corrected chi connectivity index (χ1v) is 13.1. The molecule has 0 unspecified atom stereocenters. The van der Waals surface area contributed by atoms with E-state index in [9.17, 15) is 14.4 Å². The number of carbonyl (C=O) groups is 3. The zero-order valence-electron chi connectivity index (χ0n) is 21.8. The maximum atomic E-state index is 13.2. The molecule has 2 aliphatic rings. The lowest BCUT2D eigenvalue weighted by Crippen LogP contribution is -2.38. The first kappa shape index (κ1) is 26.2. The van der Waals surface area contributed by atoms with Crippen molar-refractivity contribution in [1.29, 1.82) is 5.41 Å². The number of carbonyl (C=O) groups excluding carboxylic acids is 3. The minimum atomic E-state index is -0.436.